The Morgan fingerprint density at radius 1 is 0.714 bits per heavy atom. The average Bonchev–Trinajstić information content (AvgIpc) is 3.03. The van der Waals surface area contributed by atoms with Crippen molar-refractivity contribution >= 4 is 17.3 Å². The molecular weight excluding hydrogens is 350 g/mol. The summed E-state index contributed by atoms with van der Waals surface area (Å²) >= 11 is 0. The Labute approximate surface area is 168 Å². The lowest BCUT2D eigenvalue weighted by Crippen LogP contribution is -2.47. The lowest BCUT2D eigenvalue weighted by molar-refractivity contribution is 0.415. The number of piperazine rings is 1. The predicted octanol–water partition coefficient (Wildman–Crippen LogP) is 3.50. The van der Waals surface area contributed by atoms with E-state index < -0.39 is 0 Å². The fourth-order valence-corrected chi connectivity index (χ4v) is 4.15. The number of hydrogen-bond acceptors (Lipinski definition) is 6. The normalized spacial score (nSPS) is 18.1. The number of hydrogen-bond donors (Lipinski definition) is 0. The molecule has 3 heterocycles. The van der Waals surface area contributed by atoms with Crippen LogP contribution in [0.2, 0.25) is 0 Å². The number of aromatic nitrogens is 2. The monoisotopic (exact) mass is 381 g/mol. The number of benzene rings is 1. The van der Waals surface area contributed by atoms with Gasteiger partial charge in [-0.15, -0.1) is 0 Å². The summed E-state index contributed by atoms with van der Waals surface area (Å²) < 4.78 is 5.27. The fraction of sp³-hybridized carbons (Fsp3) is 0.545. The largest absolute Gasteiger partial charge is 0.497 e. The van der Waals surface area contributed by atoms with Gasteiger partial charge in [0.15, 0.2) is 0 Å². The van der Waals surface area contributed by atoms with E-state index in [0.717, 1.165) is 62.5 Å². The molecule has 2 saturated heterocycles. The molecule has 0 N–H and O–H groups in total. The molecule has 6 heteroatoms. The standard InChI is InChI=1S/C22H31N5O/c1-18-23-21(26-11-5-3-4-6-12-26)17-22(24-18)27-15-13-25(14-16-27)19-7-9-20(28-2)10-8-19/h7-10,17H,3-6,11-16H2,1-2H3. The Kier molecular flexibility index (Phi) is 5.84. The molecular formula is C22H31N5O. The molecule has 1 aromatic carbocycles. The van der Waals surface area contributed by atoms with Gasteiger partial charge in [-0.1, -0.05) is 12.8 Å². The third-order valence-corrected chi connectivity index (χ3v) is 5.78. The first-order chi connectivity index (χ1) is 13.7. The minimum Gasteiger partial charge on any atom is -0.497 e. The SMILES string of the molecule is COc1ccc(N2CCN(c3cc(N4CCCCCC4)nc(C)n3)CC2)cc1. The molecule has 0 amide bonds. The summed E-state index contributed by atoms with van der Waals surface area (Å²) in [5.74, 6) is 3.94. The number of aryl methyl sites for hydroxylation is 1. The highest BCUT2D eigenvalue weighted by Crippen LogP contribution is 2.25. The smallest absolute Gasteiger partial charge is 0.134 e. The molecule has 0 atom stereocenters. The summed E-state index contributed by atoms with van der Waals surface area (Å²) in [5, 5.41) is 0. The van der Waals surface area contributed by atoms with E-state index in [1.807, 2.05) is 19.1 Å². The highest BCUT2D eigenvalue weighted by atomic mass is 16.5. The van der Waals surface area contributed by atoms with Gasteiger partial charge in [0.1, 0.15) is 23.2 Å². The Morgan fingerprint density at radius 2 is 1.25 bits per heavy atom. The van der Waals surface area contributed by atoms with Gasteiger partial charge in [-0.25, -0.2) is 9.97 Å². The van der Waals surface area contributed by atoms with Crippen LogP contribution in [0.4, 0.5) is 17.3 Å². The summed E-state index contributed by atoms with van der Waals surface area (Å²) in [6.07, 6.45) is 5.19. The topological polar surface area (TPSA) is 44.7 Å². The molecule has 2 aromatic rings. The summed E-state index contributed by atoms with van der Waals surface area (Å²) in [6, 6.07) is 10.5. The maximum Gasteiger partial charge on any atom is 0.134 e. The lowest BCUT2D eigenvalue weighted by Gasteiger charge is -2.37. The summed E-state index contributed by atoms with van der Waals surface area (Å²) in [6.45, 7) is 8.17. The van der Waals surface area contributed by atoms with Gasteiger partial charge in [-0.3, -0.25) is 0 Å². The molecule has 2 aliphatic heterocycles. The third-order valence-electron chi connectivity index (χ3n) is 5.78. The molecule has 4 rings (SSSR count). The molecule has 150 valence electrons. The Balaban J connectivity index is 1.43. The van der Waals surface area contributed by atoms with Crippen LogP contribution in [0, 0.1) is 6.92 Å². The van der Waals surface area contributed by atoms with E-state index in [1.54, 1.807) is 7.11 Å². The molecule has 2 aliphatic rings. The second-order valence-electron chi connectivity index (χ2n) is 7.70. The van der Waals surface area contributed by atoms with Gasteiger partial charge < -0.3 is 19.4 Å². The Morgan fingerprint density at radius 3 is 1.82 bits per heavy atom. The Hall–Kier alpha value is -2.50. The maximum atomic E-state index is 5.27. The number of nitrogens with zero attached hydrogens (tertiary/aromatic N) is 5. The van der Waals surface area contributed by atoms with Crippen molar-refractivity contribution in [3.63, 3.8) is 0 Å². The van der Waals surface area contributed by atoms with Crippen molar-refractivity contribution in [1.82, 2.24) is 9.97 Å². The predicted molar refractivity (Wildman–Crippen MR) is 115 cm³/mol. The highest BCUT2D eigenvalue weighted by molar-refractivity contribution is 5.54. The van der Waals surface area contributed by atoms with Crippen LogP contribution in [0.1, 0.15) is 31.5 Å². The van der Waals surface area contributed by atoms with Gasteiger partial charge in [-0.05, 0) is 44.0 Å². The first kappa shape index (κ1) is 18.8. The van der Waals surface area contributed by atoms with Crippen molar-refractivity contribution in [2.75, 3.05) is 61.1 Å². The summed E-state index contributed by atoms with van der Waals surface area (Å²) in [5.41, 5.74) is 1.25. The zero-order valence-corrected chi connectivity index (χ0v) is 17.1. The first-order valence-electron chi connectivity index (χ1n) is 10.5. The molecule has 0 aliphatic carbocycles. The van der Waals surface area contributed by atoms with Gasteiger partial charge >= 0.3 is 0 Å². The first-order valence-corrected chi connectivity index (χ1v) is 10.5. The zero-order valence-electron chi connectivity index (χ0n) is 17.1. The maximum absolute atomic E-state index is 5.27. The van der Waals surface area contributed by atoms with E-state index in [0.29, 0.717) is 0 Å². The Bertz CT molecular complexity index is 763. The molecule has 28 heavy (non-hydrogen) atoms. The van der Waals surface area contributed by atoms with E-state index in [-0.39, 0.29) is 0 Å². The minimum atomic E-state index is 0.870. The second-order valence-corrected chi connectivity index (χ2v) is 7.70. The second kappa shape index (κ2) is 8.67. The summed E-state index contributed by atoms with van der Waals surface area (Å²) in [7, 11) is 1.71. The van der Waals surface area contributed by atoms with Gasteiger partial charge in [0, 0.05) is 51.0 Å². The molecule has 0 spiro atoms. The van der Waals surface area contributed by atoms with Crippen LogP contribution >= 0.6 is 0 Å². The van der Waals surface area contributed by atoms with Gasteiger partial charge in [-0.2, -0.15) is 0 Å². The van der Waals surface area contributed by atoms with E-state index in [1.165, 1.54) is 31.4 Å². The molecule has 6 nitrogen and oxygen atoms in total. The van der Waals surface area contributed by atoms with E-state index >= 15 is 0 Å². The van der Waals surface area contributed by atoms with Gasteiger partial charge in [0.25, 0.3) is 0 Å². The van der Waals surface area contributed by atoms with Crippen LogP contribution in [0.25, 0.3) is 0 Å². The van der Waals surface area contributed by atoms with Crippen LogP contribution < -0.4 is 19.4 Å². The van der Waals surface area contributed by atoms with Crippen LogP contribution in [-0.4, -0.2) is 56.3 Å². The lowest BCUT2D eigenvalue weighted by atomic mass is 10.2. The average molecular weight is 382 g/mol. The van der Waals surface area contributed by atoms with Crippen molar-refractivity contribution in [3.8, 4) is 5.75 Å². The molecule has 1 aromatic heterocycles. The molecule has 0 radical (unpaired) electrons. The van der Waals surface area contributed by atoms with Crippen molar-refractivity contribution in [3.05, 3.63) is 36.2 Å². The molecule has 2 fully saturated rings. The summed E-state index contributed by atoms with van der Waals surface area (Å²) in [4.78, 5) is 16.8. The zero-order chi connectivity index (χ0) is 19.3. The molecule has 0 bridgehead atoms. The number of methoxy groups -OCH3 is 1. The van der Waals surface area contributed by atoms with Crippen molar-refractivity contribution < 1.29 is 4.74 Å². The number of rotatable bonds is 4. The molecule has 0 saturated carbocycles. The van der Waals surface area contributed by atoms with E-state index in [2.05, 4.69) is 32.9 Å². The van der Waals surface area contributed by atoms with E-state index in [4.69, 9.17) is 14.7 Å². The third kappa shape index (κ3) is 4.32. The fourth-order valence-electron chi connectivity index (χ4n) is 4.15. The minimum absolute atomic E-state index is 0.870. The van der Waals surface area contributed by atoms with Crippen LogP contribution in [0.3, 0.4) is 0 Å². The van der Waals surface area contributed by atoms with Gasteiger partial charge in [0.05, 0.1) is 7.11 Å². The highest BCUT2D eigenvalue weighted by Gasteiger charge is 2.21. The van der Waals surface area contributed by atoms with Crippen LogP contribution in [0.5, 0.6) is 5.75 Å². The van der Waals surface area contributed by atoms with Crippen molar-refractivity contribution in [1.29, 1.82) is 0 Å². The van der Waals surface area contributed by atoms with Crippen LogP contribution in [-0.2, 0) is 0 Å². The quantitative estimate of drug-likeness (QED) is 0.808. The van der Waals surface area contributed by atoms with E-state index in [9.17, 15) is 0 Å². The van der Waals surface area contributed by atoms with Crippen LogP contribution in [0.15, 0.2) is 30.3 Å². The number of ether oxygens (including phenoxy) is 1. The number of anilines is 3. The van der Waals surface area contributed by atoms with Crippen molar-refractivity contribution in [2.45, 2.75) is 32.6 Å². The molecule has 0 unspecified atom stereocenters. The van der Waals surface area contributed by atoms with Crippen molar-refractivity contribution in [2.24, 2.45) is 0 Å². The van der Waals surface area contributed by atoms with Gasteiger partial charge in [0.2, 0.25) is 0 Å².